The Balaban J connectivity index is 2.46. The van der Waals surface area contributed by atoms with Crippen LogP contribution in [0.4, 0.5) is 23.1 Å². The van der Waals surface area contributed by atoms with Crippen LogP contribution < -0.4 is 16.6 Å². The van der Waals surface area contributed by atoms with Crippen LogP contribution in [0.5, 0.6) is 0 Å². The first-order valence-corrected chi connectivity index (χ1v) is 6.32. The molecule has 0 unspecified atom stereocenters. The van der Waals surface area contributed by atoms with Crippen molar-refractivity contribution in [3.05, 3.63) is 44.5 Å². The normalized spacial score (nSPS) is 10.2. The van der Waals surface area contributed by atoms with E-state index in [1.165, 1.54) is 0 Å². The van der Waals surface area contributed by atoms with Gasteiger partial charge in [-0.15, -0.1) is 0 Å². The molecule has 9 heteroatoms. The Morgan fingerprint density at radius 2 is 2.20 bits per heavy atom. The number of rotatable bonds is 4. The van der Waals surface area contributed by atoms with Gasteiger partial charge >= 0.3 is 5.69 Å². The fraction of sp³-hybridized carbons (Fsp3) is 0.0909. The van der Waals surface area contributed by atoms with Crippen LogP contribution >= 0.6 is 15.9 Å². The van der Waals surface area contributed by atoms with E-state index in [1.807, 2.05) is 19.1 Å². The Morgan fingerprint density at radius 3 is 2.85 bits per heavy atom. The standard InChI is InChI=1S/C11H11BrN6O2/c1-6-3-2-4-7(9(6)12)15-10-8(18(19)20)5-14-11(16-10)17-13/h2-5H,13H2,1H3,(H2,14,15,16,17). The molecule has 0 aliphatic heterocycles. The van der Waals surface area contributed by atoms with Crippen LogP contribution in [0.3, 0.4) is 0 Å². The molecule has 0 saturated carbocycles. The zero-order chi connectivity index (χ0) is 14.7. The number of nitrogens with two attached hydrogens (primary N) is 1. The second-order valence-corrected chi connectivity index (χ2v) is 4.68. The predicted octanol–water partition coefficient (Wildman–Crippen LogP) is 2.48. The number of nitro groups is 1. The molecule has 4 N–H and O–H groups in total. The molecule has 0 radical (unpaired) electrons. The number of hydrogen-bond donors (Lipinski definition) is 3. The maximum atomic E-state index is 11.0. The summed E-state index contributed by atoms with van der Waals surface area (Å²) in [6.07, 6.45) is 1.09. The number of benzene rings is 1. The summed E-state index contributed by atoms with van der Waals surface area (Å²) in [6.45, 7) is 1.91. The summed E-state index contributed by atoms with van der Waals surface area (Å²) in [6, 6.07) is 5.52. The third kappa shape index (κ3) is 2.83. The van der Waals surface area contributed by atoms with E-state index < -0.39 is 4.92 Å². The Labute approximate surface area is 122 Å². The molecule has 2 aromatic rings. The number of anilines is 3. The van der Waals surface area contributed by atoms with Crippen molar-refractivity contribution in [2.75, 3.05) is 10.7 Å². The Kier molecular flexibility index (Phi) is 4.11. The van der Waals surface area contributed by atoms with E-state index in [9.17, 15) is 10.1 Å². The first kappa shape index (κ1) is 14.2. The molecule has 0 spiro atoms. The van der Waals surface area contributed by atoms with Gasteiger partial charge in [0.2, 0.25) is 11.8 Å². The van der Waals surface area contributed by atoms with E-state index in [4.69, 9.17) is 5.84 Å². The highest BCUT2D eigenvalue weighted by Gasteiger charge is 2.18. The fourth-order valence-corrected chi connectivity index (χ4v) is 1.91. The molecular formula is C11H11BrN6O2. The van der Waals surface area contributed by atoms with Crippen molar-refractivity contribution < 1.29 is 4.92 Å². The van der Waals surface area contributed by atoms with E-state index in [0.717, 1.165) is 16.2 Å². The van der Waals surface area contributed by atoms with Gasteiger partial charge in [-0.2, -0.15) is 4.98 Å². The van der Waals surface area contributed by atoms with Crippen LogP contribution in [0.2, 0.25) is 0 Å². The summed E-state index contributed by atoms with van der Waals surface area (Å²) in [5.74, 6) is 5.35. The highest BCUT2D eigenvalue weighted by Crippen LogP contribution is 2.31. The smallest absolute Gasteiger partial charge is 0.329 e. The summed E-state index contributed by atoms with van der Waals surface area (Å²) in [5, 5.41) is 13.9. The molecule has 2 rings (SSSR count). The van der Waals surface area contributed by atoms with E-state index in [0.29, 0.717) is 5.69 Å². The lowest BCUT2D eigenvalue weighted by Gasteiger charge is -2.10. The molecule has 1 aromatic heterocycles. The minimum atomic E-state index is -0.563. The second-order valence-electron chi connectivity index (χ2n) is 3.89. The van der Waals surface area contributed by atoms with Crippen molar-refractivity contribution in [3.8, 4) is 0 Å². The molecule has 0 saturated heterocycles. The van der Waals surface area contributed by atoms with Crippen molar-refractivity contribution in [1.82, 2.24) is 9.97 Å². The lowest BCUT2D eigenvalue weighted by atomic mass is 10.2. The van der Waals surface area contributed by atoms with Gasteiger partial charge in [0, 0.05) is 4.47 Å². The molecule has 0 aliphatic rings. The van der Waals surface area contributed by atoms with Gasteiger partial charge in [-0.25, -0.2) is 10.8 Å². The molecule has 104 valence electrons. The van der Waals surface area contributed by atoms with Crippen molar-refractivity contribution in [1.29, 1.82) is 0 Å². The van der Waals surface area contributed by atoms with Crippen molar-refractivity contribution >= 4 is 39.1 Å². The molecule has 0 aliphatic carbocycles. The highest BCUT2D eigenvalue weighted by atomic mass is 79.9. The monoisotopic (exact) mass is 338 g/mol. The number of nitrogens with zero attached hydrogens (tertiary/aromatic N) is 3. The molecule has 1 heterocycles. The van der Waals surface area contributed by atoms with Gasteiger partial charge in [-0.1, -0.05) is 12.1 Å². The second kappa shape index (κ2) is 5.80. The van der Waals surface area contributed by atoms with Gasteiger partial charge in [-0.05, 0) is 34.5 Å². The first-order valence-electron chi connectivity index (χ1n) is 5.53. The maximum absolute atomic E-state index is 11.0. The van der Waals surface area contributed by atoms with Crippen LogP contribution in [0.15, 0.2) is 28.9 Å². The summed E-state index contributed by atoms with van der Waals surface area (Å²) in [5.41, 5.74) is 3.66. The van der Waals surface area contributed by atoms with Crippen LogP contribution in [0.25, 0.3) is 0 Å². The molecule has 0 atom stereocenters. The summed E-state index contributed by atoms with van der Waals surface area (Å²) < 4.78 is 0.801. The Hall–Kier alpha value is -2.26. The molecular weight excluding hydrogens is 328 g/mol. The van der Waals surface area contributed by atoms with Gasteiger partial charge in [0.15, 0.2) is 0 Å². The zero-order valence-corrected chi connectivity index (χ0v) is 12.0. The highest BCUT2D eigenvalue weighted by molar-refractivity contribution is 9.10. The third-order valence-corrected chi connectivity index (χ3v) is 3.59. The quantitative estimate of drug-likeness (QED) is 0.445. The number of aromatic nitrogens is 2. The Morgan fingerprint density at radius 1 is 1.45 bits per heavy atom. The number of nitrogens with one attached hydrogen (secondary N) is 2. The van der Waals surface area contributed by atoms with Gasteiger partial charge in [0.1, 0.15) is 6.20 Å². The van der Waals surface area contributed by atoms with Crippen LogP contribution in [-0.2, 0) is 0 Å². The van der Waals surface area contributed by atoms with Crippen molar-refractivity contribution in [2.45, 2.75) is 6.92 Å². The summed E-state index contributed by atoms with van der Waals surface area (Å²) in [7, 11) is 0. The SMILES string of the molecule is Cc1cccc(Nc2nc(NN)ncc2[N+](=O)[O-])c1Br. The van der Waals surface area contributed by atoms with Crippen LogP contribution in [0.1, 0.15) is 5.56 Å². The summed E-state index contributed by atoms with van der Waals surface area (Å²) >= 11 is 3.42. The van der Waals surface area contributed by atoms with E-state index in [2.05, 4.69) is 36.6 Å². The lowest BCUT2D eigenvalue weighted by molar-refractivity contribution is -0.384. The van der Waals surface area contributed by atoms with Gasteiger partial charge < -0.3 is 5.32 Å². The zero-order valence-electron chi connectivity index (χ0n) is 10.4. The molecule has 0 amide bonds. The van der Waals surface area contributed by atoms with Gasteiger partial charge in [0.25, 0.3) is 0 Å². The minimum Gasteiger partial charge on any atom is -0.333 e. The molecule has 0 bridgehead atoms. The van der Waals surface area contributed by atoms with E-state index >= 15 is 0 Å². The number of hydrogen-bond acceptors (Lipinski definition) is 7. The Bertz CT molecular complexity index is 663. The van der Waals surface area contributed by atoms with Crippen molar-refractivity contribution in [3.63, 3.8) is 0 Å². The van der Waals surface area contributed by atoms with Gasteiger partial charge in [0.05, 0.1) is 10.6 Å². The summed E-state index contributed by atoms with van der Waals surface area (Å²) in [4.78, 5) is 18.1. The van der Waals surface area contributed by atoms with Crippen molar-refractivity contribution in [2.24, 2.45) is 5.84 Å². The van der Waals surface area contributed by atoms with E-state index in [-0.39, 0.29) is 17.5 Å². The topological polar surface area (TPSA) is 119 Å². The van der Waals surface area contributed by atoms with E-state index in [1.54, 1.807) is 6.07 Å². The number of halogens is 1. The average molecular weight is 339 g/mol. The first-order chi connectivity index (χ1) is 9.52. The molecule has 8 nitrogen and oxygen atoms in total. The average Bonchev–Trinajstić information content (AvgIpc) is 2.43. The molecule has 20 heavy (non-hydrogen) atoms. The number of aryl methyl sites for hydroxylation is 1. The number of nitrogen functional groups attached to an aromatic ring is 1. The predicted molar refractivity (Wildman–Crippen MR) is 78.7 cm³/mol. The number of hydrazine groups is 1. The van der Waals surface area contributed by atoms with Crippen LogP contribution in [-0.4, -0.2) is 14.9 Å². The molecule has 0 fully saturated rings. The largest absolute Gasteiger partial charge is 0.333 e. The third-order valence-electron chi connectivity index (χ3n) is 2.54. The lowest BCUT2D eigenvalue weighted by Crippen LogP contribution is -2.12. The fourth-order valence-electron chi connectivity index (χ4n) is 1.54. The minimum absolute atomic E-state index is 0.0595. The van der Waals surface area contributed by atoms with Crippen LogP contribution in [0, 0.1) is 17.0 Å². The van der Waals surface area contributed by atoms with Gasteiger partial charge in [-0.3, -0.25) is 15.5 Å². The maximum Gasteiger partial charge on any atom is 0.329 e. The molecule has 1 aromatic carbocycles.